The van der Waals surface area contributed by atoms with Gasteiger partial charge in [0.1, 0.15) is 11.8 Å². The Hall–Kier alpha value is -2.37. The van der Waals surface area contributed by atoms with E-state index in [0.717, 1.165) is 12.1 Å². The van der Waals surface area contributed by atoms with Crippen LogP contribution in [0.2, 0.25) is 0 Å². The van der Waals surface area contributed by atoms with Gasteiger partial charge in [-0.25, -0.2) is 0 Å². The number of hydrazone groups is 1. The maximum absolute atomic E-state index is 12.3. The standard InChI is InChI=1S/C16H22N4O2/c1-4-16(2,3)18-15(22)12-10-13(14(17)21)20(19-12)11-8-6-5-7-9-11/h5-9,13H,4,10H2,1-3H3,(H2,17,21)(H,18,22)/t13-/m0/s1. The number of hydrogen-bond donors (Lipinski definition) is 2. The summed E-state index contributed by atoms with van der Waals surface area (Å²) in [6, 6.07) is 8.60. The van der Waals surface area contributed by atoms with Gasteiger partial charge in [0.2, 0.25) is 5.91 Å². The van der Waals surface area contributed by atoms with Crippen molar-refractivity contribution in [2.75, 3.05) is 5.01 Å². The van der Waals surface area contributed by atoms with E-state index in [1.807, 2.05) is 51.1 Å². The molecule has 0 bridgehead atoms. The molecule has 1 aromatic carbocycles. The van der Waals surface area contributed by atoms with E-state index in [-0.39, 0.29) is 17.9 Å². The van der Waals surface area contributed by atoms with Gasteiger partial charge in [-0.05, 0) is 32.4 Å². The Morgan fingerprint density at radius 2 is 2.00 bits per heavy atom. The second-order valence-corrected chi connectivity index (χ2v) is 6.04. The number of benzene rings is 1. The lowest BCUT2D eigenvalue weighted by Crippen LogP contribution is -2.46. The molecule has 1 heterocycles. The van der Waals surface area contributed by atoms with Gasteiger partial charge in [-0.2, -0.15) is 5.10 Å². The van der Waals surface area contributed by atoms with Crippen LogP contribution in [0.4, 0.5) is 5.69 Å². The Morgan fingerprint density at radius 3 is 2.55 bits per heavy atom. The van der Waals surface area contributed by atoms with Crippen molar-refractivity contribution in [3.63, 3.8) is 0 Å². The van der Waals surface area contributed by atoms with Crippen LogP contribution in [0.25, 0.3) is 0 Å². The number of nitrogens with one attached hydrogen (secondary N) is 1. The topological polar surface area (TPSA) is 87.8 Å². The lowest BCUT2D eigenvalue weighted by Gasteiger charge is -2.24. The van der Waals surface area contributed by atoms with Crippen LogP contribution in [0.1, 0.15) is 33.6 Å². The van der Waals surface area contributed by atoms with Crippen molar-refractivity contribution in [1.29, 1.82) is 0 Å². The van der Waals surface area contributed by atoms with Gasteiger partial charge in [-0.1, -0.05) is 25.1 Å². The summed E-state index contributed by atoms with van der Waals surface area (Å²) < 4.78 is 0. The summed E-state index contributed by atoms with van der Waals surface area (Å²) in [6.45, 7) is 5.89. The van der Waals surface area contributed by atoms with E-state index in [2.05, 4.69) is 10.4 Å². The second-order valence-electron chi connectivity index (χ2n) is 6.04. The van der Waals surface area contributed by atoms with E-state index in [0.29, 0.717) is 5.71 Å². The first-order chi connectivity index (χ1) is 10.3. The number of carbonyl (C=O) groups is 2. The van der Waals surface area contributed by atoms with Gasteiger partial charge in [-0.15, -0.1) is 0 Å². The largest absolute Gasteiger partial charge is 0.368 e. The van der Waals surface area contributed by atoms with Crippen LogP contribution in [0.5, 0.6) is 0 Å². The molecule has 0 saturated heterocycles. The molecule has 0 radical (unpaired) electrons. The van der Waals surface area contributed by atoms with E-state index in [1.54, 1.807) is 0 Å². The lowest BCUT2D eigenvalue weighted by atomic mass is 10.0. The quantitative estimate of drug-likeness (QED) is 0.862. The van der Waals surface area contributed by atoms with Gasteiger partial charge in [0.25, 0.3) is 5.91 Å². The Balaban J connectivity index is 2.24. The third-order valence-corrected chi connectivity index (χ3v) is 3.86. The number of carbonyl (C=O) groups excluding carboxylic acids is 2. The molecule has 0 spiro atoms. The van der Waals surface area contributed by atoms with E-state index in [9.17, 15) is 9.59 Å². The third-order valence-electron chi connectivity index (χ3n) is 3.86. The zero-order valence-corrected chi connectivity index (χ0v) is 13.2. The highest BCUT2D eigenvalue weighted by molar-refractivity contribution is 6.40. The molecule has 2 rings (SSSR count). The first-order valence-corrected chi connectivity index (χ1v) is 7.37. The zero-order chi connectivity index (χ0) is 16.3. The molecule has 0 fully saturated rings. The van der Waals surface area contributed by atoms with E-state index < -0.39 is 11.9 Å². The number of rotatable bonds is 5. The van der Waals surface area contributed by atoms with Crippen molar-refractivity contribution in [2.24, 2.45) is 10.8 Å². The molecule has 118 valence electrons. The van der Waals surface area contributed by atoms with Crippen molar-refractivity contribution in [2.45, 2.75) is 45.2 Å². The van der Waals surface area contributed by atoms with Crippen molar-refractivity contribution < 1.29 is 9.59 Å². The summed E-state index contributed by atoms with van der Waals surface area (Å²) in [4.78, 5) is 24.0. The van der Waals surface area contributed by atoms with Crippen molar-refractivity contribution in [3.8, 4) is 0 Å². The maximum atomic E-state index is 12.3. The summed E-state index contributed by atoms with van der Waals surface area (Å²) in [5.74, 6) is -0.748. The average Bonchev–Trinajstić information content (AvgIpc) is 2.93. The molecule has 0 saturated carbocycles. The number of amides is 2. The van der Waals surface area contributed by atoms with Crippen LogP contribution in [0.3, 0.4) is 0 Å². The van der Waals surface area contributed by atoms with Gasteiger partial charge >= 0.3 is 0 Å². The Morgan fingerprint density at radius 1 is 1.36 bits per heavy atom. The summed E-state index contributed by atoms with van der Waals surface area (Å²) in [6.07, 6.45) is 1.02. The van der Waals surface area contributed by atoms with Crippen molar-refractivity contribution >= 4 is 23.2 Å². The predicted molar refractivity (Wildman–Crippen MR) is 86.5 cm³/mol. The van der Waals surface area contributed by atoms with Crippen LogP contribution in [-0.4, -0.2) is 29.1 Å². The molecule has 6 heteroatoms. The Kier molecular flexibility index (Phi) is 4.49. The number of hydrogen-bond acceptors (Lipinski definition) is 4. The molecular formula is C16H22N4O2. The molecule has 1 aromatic rings. The minimum atomic E-state index is -0.632. The molecule has 6 nitrogen and oxygen atoms in total. The molecular weight excluding hydrogens is 280 g/mol. The summed E-state index contributed by atoms with van der Waals surface area (Å²) in [7, 11) is 0. The van der Waals surface area contributed by atoms with Crippen LogP contribution in [-0.2, 0) is 9.59 Å². The lowest BCUT2D eigenvalue weighted by molar-refractivity contribution is -0.119. The first-order valence-electron chi connectivity index (χ1n) is 7.37. The molecule has 0 unspecified atom stereocenters. The van der Waals surface area contributed by atoms with E-state index >= 15 is 0 Å². The minimum Gasteiger partial charge on any atom is -0.368 e. The monoisotopic (exact) mass is 302 g/mol. The molecule has 1 aliphatic heterocycles. The number of anilines is 1. The fourth-order valence-corrected chi connectivity index (χ4v) is 2.16. The van der Waals surface area contributed by atoms with Gasteiger partial charge in [0, 0.05) is 12.0 Å². The van der Waals surface area contributed by atoms with Gasteiger partial charge in [0.15, 0.2) is 0 Å². The molecule has 3 N–H and O–H groups in total. The van der Waals surface area contributed by atoms with Crippen molar-refractivity contribution in [1.82, 2.24) is 5.32 Å². The smallest absolute Gasteiger partial charge is 0.267 e. The van der Waals surface area contributed by atoms with E-state index in [1.165, 1.54) is 5.01 Å². The minimum absolute atomic E-state index is 0.218. The maximum Gasteiger partial charge on any atom is 0.267 e. The number of nitrogens with two attached hydrogens (primary N) is 1. The SMILES string of the molecule is CCC(C)(C)NC(=O)C1=NN(c2ccccc2)[C@H](C(N)=O)C1. The third kappa shape index (κ3) is 3.44. The van der Waals surface area contributed by atoms with Crippen LogP contribution in [0.15, 0.2) is 35.4 Å². The highest BCUT2D eigenvalue weighted by Gasteiger charge is 2.35. The van der Waals surface area contributed by atoms with Crippen LogP contribution >= 0.6 is 0 Å². The number of primary amides is 1. The van der Waals surface area contributed by atoms with Crippen LogP contribution < -0.4 is 16.1 Å². The predicted octanol–water partition coefficient (Wildman–Crippen LogP) is 1.41. The molecule has 22 heavy (non-hydrogen) atoms. The number of nitrogens with zero attached hydrogens (tertiary/aromatic N) is 2. The second kappa shape index (κ2) is 6.17. The van der Waals surface area contributed by atoms with Crippen molar-refractivity contribution in [3.05, 3.63) is 30.3 Å². The van der Waals surface area contributed by atoms with Gasteiger partial charge < -0.3 is 11.1 Å². The molecule has 0 aliphatic carbocycles. The van der Waals surface area contributed by atoms with Crippen LogP contribution in [0, 0.1) is 0 Å². The average molecular weight is 302 g/mol. The summed E-state index contributed by atoms with van der Waals surface area (Å²) >= 11 is 0. The molecule has 1 aliphatic rings. The summed E-state index contributed by atoms with van der Waals surface area (Å²) in [5, 5.41) is 8.77. The first kappa shape index (κ1) is 16.0. The van der Waals surface area contributed by atoms with Gasteiger partial charge in [-0.3, -0.25) is 14.6 Å². The zero-order valence-electron chi connectivity index (χ0n) is 13.2. The molecule has 2 amide bonds. The number of para-hydroxylation sites is 1. The molecule has 1 atom stereocenters. The summed E-state index contributed by atoms with van der Waals surface area (Å²) in [5.41, 5.74) is 6.21. The highest BCUT2D eigenvalue weighted by atomic mass is 16.2. The Labute approximate surface area is 130 Å². The van der Waals surface area contributed by atoms with E-state index in [4.69, 9.17) is 5.73 Å². The molecule has 0 aromatic heterocycles. The highest BCUT2D eigenvalue weighted by Crippen LogP contribution is 2.24. The Bertz CT molecular complexity index is 595. The fourth-order valence-electron chi connectivity index (χ4n) is 2.16. The normalized spacial score (nSPS) is 18.0. The fraction of sp³-hybridized carbons (Fsp3) is 0.438. The van der Waals surface area contributed by atoms with Gasteiger partial charge in [0.05, 0.1) is 5.69 Å².